The maximum absolute atomic E-state index is 12.3. The van der Waals surface area contributed by atoms with E-state index in [1.54, 1.807) is 0 Å². The largest absolute Gasteiger partial charge is 0.368 e. The van der Waals surface area contributed by atoms with E-state index < -0.39 is 0 Å². The molecule has 1 aromatic carbocycles. The first kappa shape index (κ1) is 15.3. The van der Waals surface area contributed by atoms with Crippen LogP contribution in [0.1, 0.15) is 24.8 Å². The molecule has 1 amide bonds. The molecule has 0 saturated carbocycles. The standard InChI is InChI=1S/C18H27N3O/c1-16-5-4-6-17(15-16)20-11-13-21(14-12-20)18(22)7-10-19-8-2-3-9-19/h4-6,15H,2-3,7-14H2,1H3. The molecule has 2 aliphatic rings. The highest BCUT2D eigenvalue weighted by atomic mass is 16.2. The summed E-state index contributed by atoms with van der Waals surface area (Å²) < 4.78 is 0. The van der Waals surface area contributed by atoms with Gasteiger partial charge < -0.3 is 14.7 Å². The molecule has 0 radical (unpaired) electrons. The zero-order valence-electron chi connectivity index (χ0n) is 13.6. The first-order valence-corrected chi connectivity index (χ1v) is 8.54. The third-order valence-corrected chi connectivity index (χ3v) is 4.84. The predicted molar refractivity (Wildman–Crippen MR) is 90.3 cm³/mol. The Kier molecular flexibility index (Phi) is 4.98. The Labute approximate surface area is 133 Å². The van der Waals surface area contributed by atoms with Gasteiger partial charge in [0.1, 0.15) is 0 Å². The van der Waals surface area contributed by atoms with Gasteiger partial charge >= 0.3 is 0 Å². The predicted octanol–water partition coefficient (Wildman–Crippen LogP) is 2.13. The van der Waals surface area contributed by atoms with Gasteiger partial charge in [-0.1, -0.05) is 12.1 Å². The summed E-state index contributed by atoms with van der Waals surface area (Å²) in [6, 6.07) is 8.63. The minimum Gasteiger partial charge on any atom is -0.368 e. The van der Waals surface area contributed by atoms with Crippen LogP contribution in [0.15, 0.2) is 24.3 Å². The lowest BCUT2D eigenvalue weighted by Gasteiger charge is -2.36. The number of hydrogen-bond acceptors (Lipinski definition) is 3. The maximum atomic E-state index is 12.3. The van der Waals surface area contributed by atoms with E-state index in [1.165, 1.54) is 37.2 Å². The molecule has 22 heavy (non-hydrogen) atoms. The van der Waals surface area contributed by atoms with Crippen LogP contribution in [-0.4, -0.2) is 61.5 Å². The Morgan fingerprint density at radius 3 is 2.45 bits per heavy atom. The molecule has 0 N–H and O–H groups in total. The van der Waals surface area contributed by atoms with Gasteiger partial charge in [-0.25, -0.2) is 0 Å². The number of carbonyl (C=O) groups is 1. The quantitative estimate of drug-likeness (QED) is 0.852. The van der Waals surface area contributed by atoms with Gasteiger partial charge in [-0.15, -0.1) is 0 Å². The molecule has 3 rings (SSSR count). The summed E-state index contributed by atoms with van der Waals surface area (Å²) in [7, 11) is 0. The lowest BCUT2D eigenvalue weighted by molar-refractivity contribution is -0.131. The fraction of sp³-hybridized carbons (Fsp3) is 0.611. The number of aryl methyl sites for hydroxylation is 1. The van der Waals surface area contributed by atoms with Crippen LogP contribution in [0.25, 0.3) is 0 Å². The SMILES string of the molecule is Cc1cccc(N2CCN(C(=O)CCN3CCCC3)CC2)c1. The maximum Gasteiger partial charge on any atom is 0.223 e. The molecule has 1 aromatic rings. The van der Waals surface area contributed by atoms with Crippen molar-refractivity contribution in [2.75, 3.05) is 50.7 Å². The van der Waals surface area contributed by atoms with Gasteiger partial charge in [-0.05, 0) is 50.6 Å². The number of likely N-dealkylation sites (tertiary alicyclic amines) is 1. The van der Waals surface area contributed by atoms with E-state index in [2.05, 4.69) is 41.0 Å². The topological polar surface area (TPSA) is 26.8 Å². The first-order chi connectivity index (χ1) is 10.7. The summed E-state index contributed by atoms with van der Waals surface area (Å²) in [6.07, 6.45) is 3.27. The van der Waals surface area contributed by atoms with Crippen LogP contribution in [0.4, 0.5) is 5.69 Å². The van der Waals surface area contributed by atoms with Crippen LogP contribution in [0.3, 0.4) is 0 Å². The monoisotopic (exact) mass is 301 g/mol. The molecule has 4 nitrogen and oxygen atoms in total. The second-order valence-electron chi connectivity index (χ2n) is 6.51. The molecule has 2 fully saturated rings. The van der Waals surface area contributed by atoms with Crippen molar-refractivity contribution in [2.24, 2.45) is 0 Å². The van der Waals surface area contributed by atoms with Gasteiger partial charge in [-0.2, -0.15) is 0 Å². The fourth-order valence-electron chi connectivity index (χ4n) is 3.46. The van der Waals surface area contributed by atoms with E-state index in [0.717, 1.165) is 32.7 Å². The molecular weight excluding hydrogens is 274 g/mol. The molecule has 2 aliphatic heterocycles. The van der Waals surface area contributed by atoms with Gasteiger partial charge in [0.15, 0.2) is 0 Å². The second kappa shape index (κ2) is 7.14. The molecule has 0 atom stereocenters. The molecule has 0 spiro atoms. The Bertz CT molecular complexity index is 503. The van der Waals surface area contributed by atoms with Gasteiger partial charge in [-0.3, -0.25) is 4.79 Å². The molecule has 0 aliphatic carbocycles. The van der Waals surface area contributed by atoms with E-state index in [1.807, 2.05) is 4.90 Å². The zero-order chi connectivity index (χ0) is 15.4. The Balaban J connectivity index is 1.45. The van der Waals surface area contributed by atoms with Crippen molar-refractivity contribution < 1.29 is 4.79 Å². The summed E-state index contributed by atoms with van der Waals surface area (Å²) in [4.78, 5) is 19.2. The van der Waals surface area contributed by atoms with E-state index in [4.69, 9.17) is 0 Å². The number of amides is 1. The van der Waals surface area contributed by atoms with Crippen molar-refractivity contribution in [3.05, 3.63) is 29.8 Å². The summed E-state index contributed by atoms with van der Waals surface area (Å²) in [5.74, 6) is 0.329. The number of benzene rings is 1. The molecular formula is C18H27N3O. The molecule has 2 saturated heterocycles. The van der Waals surface area contributed by atoms with Crippen LogP contribution in [0.5, 0.6) is 0 Å². The summed E-state index contributed by atoms with van der Waals surface area (Å²) >= 11 is 0. The number of anilines is 1. The Morgan fingerprint density at radius 2 is 1.77 bits per heavy atom. The highest BCUT2D eigenvalue weighted by Gasteiger charge is 2.22. The lowest BCUT2D eigenvalue weighted by atomic mass is 10.2. The minimum atomic E-state index is 0.329. The molecule has 2 heterocycles. The normalized spacial score (nSPS) is 19.7. The van der Waals surface area contributed by atoms with Gasteiger partial charge in [0.05, 0.1) is 0 Å². The third-order valence-electron chi connectivity index (χ3n) is 4.84. The van der Waals surface area contributed by atoms with Crippen LogP contribution < -0.4 is 4.90 Å². The van der Waals surface area contributed by atoms with Gasteiger partial charge in [0.2, 0.25) is 5.91 Å². The molecule has 0 bridgehead atoms. The van der Waals surface area contributed by atoms with E-state index in [9.17, 15) is 4.79 Å². The summed E-state index contributed by atoms with van der Waals surface area (Å²) in [6.45, 7) is 9.01. The fourth-order valence-corrected chi connectivity index (χ4v) is 3.46. The lowest BCUT2D eigenvalue weighted by Crippen LogP contribution is -2.49. The highest BCUT2D eigenvalue weighted by molar-refractivity contribution is 5.76. The number of piperazine rings is 1. The van der Waals surface area contributed by atoms with Crippen molar-refractivity contribution in [3.63, 3.8) is 0 Å². The van der Waals surface area contributed by atoms with Crippen LogP contribution in [0.2, 0.25) is 0 Å². The van der Waals surface area contributed by atoms with E-state index in [-0.39, 0.29) is 0 Å². The Hall–Kier alpha value is -1.55. The third kappa shape index (κ3) is 3.80. The zero-order valence-corrected chi connectivity index (χ0v) is 13.6. The van der Waals surface area contributed by atoms with Crippen molar-refractivity contribution in [1.82, 2.24) is 9.80 Å². The number of rotatable bonds is 4. The number of hydrogen-bond donors (Lipinski definition) is 0. The number of nitrogens with zero attached hydrogens (tertiary/aromatic N) is 3. The first-order valence-electron chi connectivity index (χ1n) is 8.54. The van der Waals surface area contributed by atoms with Crippen LogP contribution in [0, 0.1) is 6.92 Å². The van der Waals surface area contributed by atoms with Gasteiger partial charge in [0.25, 0.3) is 0 Å². The average Bonchev–Trinajstić information content (AvgIpc) is 3.06. The number of carbonyl (C=O) groups excluding carboxylic acids is 1. The molecule has 120 valence electrons. The summed E-state index contributed by atoms with van der Waals surface area (Å²) in [5.41, 5.74) is 2.57. The van der Waals surface area contributed by atoms with Crippen molar-refractivity contribution in [3.8, 4) is 0 Å². The van der Waals surface area contributed by atoms with Gasteiger partial charge in [0, 0.05) is 44.8 Å². The highest BCUT2D eigenvalue weighted by Crippen LogP contribution is 2.18. The summed E-state index contributed by atoms with van der Waals surface area (Å²) in [5, 5.41) is 0. The van der Waals surface area contributed by atoms with Crippen LogP contribution in [-0.2, 0) is 4.79 Å². The van der Waals surface area contributed by atoms with Crippen molar-refractivity contribution in [2.45, 2.75) is 26.2 Å². The van der Waals surface area contributed by atoms with Crippen molar-refractivity contribution >= 4 is 11.6 Å². The molecule has 0 unspecified atom stereocenters. The Morgan fingerprint density at radius 1 is 1.05 bits per heavy atom. The van der Waals surface area contributed by atoms with Crippen LogP contribution >= 0.6 is 0 Å². The van der Waals surface area contributed by atoms with E-state index >= 15 is 0 Å². The second-order valence-corrected chi connectivity index (χ2v) is 6.51. The van der Waals surface area contributed by atoms with Crippen molar-refractivity contribution in [1.29, 1.82) is 0 Å². The molecule has 0 aromatic heterocycles. The average molecular weight is 301 g/mol. The molecule has 4 heteroatoms. The van der Waals surface area contributed by atoms with E-state index in [0.29, 0.717) is 12.3 Å². The minimum absolute atomic E-state index is 0.329. The smallest absolute Gasteiger partial charge is 0.223 e.